The first-order valence-electron chi connectivity index (χ1n) is 8.36. The molecule has 4 aromatic rings. The van der Waals surface area contributed by atoms with Crippen LogP contribution < -0.4 is 5.32 Å². The fourth-order valence-corrected chi connectivity index (χ4v) is 2.78. The number of anilines is 1. The van der Waals surface area contributed by atoms with E-state index in [2.05, 4.69) is 46.7 Å². The Morgan fingerprint density at radius 1 is 0.760 bits per heavy atom. The molecule has 4 nitrogen and oxygen atoms in total. The van der Waals surface area contributed by atoms with Crippen molar-refractivity contribution in [3.05, 3.63) is 84.6 Å². The summed E-state index contributed by atoms with van der Waals surface area (Å²) in [6.07, 6.45) is 2.67. The van der Waals surface area contributed by atoms with Crippen LogP contribution in [0.1, 0.15) is 5.56 Å². The van der Waals surface area contributed by atoms with Crippen LogP contribution in [0.3, 0.4) is 0 Å². The largest absolute Gasteiger partial charge is 0.368 e. The van der Waals surface area contributed by atoms with Gasteiger partial charge in [0, 0.05) is 18.3 Å². The fraction of sp³-hybridized carbons (Fsp3) is 0.0952. The highest BCUT2D eigenvalue weighted by Crippen LogP contribution is 2.26. The molecular formula is C21H18N4. The molecular weight excluding hydrogens is 308 g/mol. The zero-order valence-corrected chi connectivity index (χ0v) is 13.8. The third kappa shape index (κ3) is 3.48. The second-order valence-corrected chi connectivity index (χ2v) is 5.80. The van der Waals surface area contributed by atoms with E-state index in [1.807, 2.05) is 36.4 Å². The summed E-state index contributed by atoms with van der Waals surface area (Å²) in [6, 6.07) is 24.4. The first-order chi connectivity index (χ1) is 12.4. The van der Waals surface area contributed by atoms with Crippen LogP contribution >= 0.6 is 0 Å². The van der Waals surface area contributed by atoms with E-state index in [1.54, 1.807) is 6.20 Å². The Morgan fingerprint density at radius 2 is 1.52 bits per heavy atom. The van der Waals surface area contributed by atoms with E-state index in [4.69, 9.17) is 9.97 Å². The molecule has 0 aliphatic carbocycles. The zero-order valence-electron chi connectivity index (χ0n) is 13.8. The first-order valence-corrected chi connectivity index (χ1v) is 8.36. The van der Waals surface area contributed by atoms with Crippen LogP contribution in [0.5, 0.6) is 0 Å². The maximum absolute atomic E-state index is 4.78. The van der Waals surface area contributed by atoms with Crippen LogP contribution in [0.2, 0.25) is 0 Å². The number of fused-ring (bicyclic) bond motifs is 1. The molecule has 0 fully saturated rings. The highest BCUT2D eigenvalue weighted by Gasteiger charge is 2.11. The molecule has 2 heterocycles. The van der Waals surface area contributed by atoms with Crippen molar-refractivity contribution in [2.45, 2.75) is 6.42 Å². The average molecular weight is 326 g/mol. The number of hydrogen-bond donors (Lipinski definition) is 1. The standard InChI is InChI=1S/C21H18N4/c1-3-8-16(9-4-1)13-15-23-21-19(17-10-5-2-6-11-17)24-18-12-7-14-22-20(18)25-21/h1-12,14H,13,15H2,(H,22,23,25). The molecule has 4 heteroatoms. The highest BCUT2D eigenvalue weighted by atomic mass is 15.0. The summed E-state index contributed by atoms with van der Waals surface area (Å²) in [6.45, 7) is 0.789. The molecule has 0 bridgehead atoms. The summed E-state index contributed by atoms with van der Waals surface area (Å²) >= 11 is 0. The number of rotatable bonds is 5. The van der Waals surface area contributed by atoms with E-state index >= 15 is 0 Å². The lowest BCUT2D eigenvalue weighted by molar-refractivity contribution is 1.00. The maximum Gasteiger partial charge on any atom is 0.180 e. The molecule has 0 saturated heterocycles. The Bertz CT molecular complexity index is 969. The van der Waals surface area contributed by atoms with E-state index in [9.17, 15) is 0 Å². The minimum atomic E-state index is 0.657. The molecule has 0 atom stereocenters. The lowest BCUT2D eigenvalue weighted by Crippen LogP contribution is -2.09. The molecule has 25 heavy (non-hydrogen) atoms. The normalized spacial score (nSPS) is 10.7. The van der Waals surface area contributed by atoms with Crippen LogP contribution in [0.15, 0.2) is 79.0 Å². The van der Waals surface area contributed by atoms with Gasteiger partial charge in [0.1, 0.15) is 11.2 Å². The van der Waals surface area contributed by atoms with Gasteiger partial charge in [-0.3, -0.25) is 0 Å². The fourth-order valence-electron chi connectivity index (χ4n) is 2.78. The van der Waals surface area contributed by atoms with E-state index in [1.165, 1.54) is 5.56 Å². The molecule has 0 aliphatic rings. The Hall–Kier alpha value is -3.27. The number of hydrogen-bond acceptors (Lipinski definition) is 4. The molecule has 0 amide bonds. The molecule has 1 N–H and O–H groups in total. The van der Waals surface area contributed by atoms with Crippen molar-refractivity contribution in [3.63, 3.8) is 0 Å². The predicted octanol–water partition coefficient (Wildman–Crippen LogP) is 4.35. The highest BCUT2D eigenvalue weighted by molar-refractivity contribution is 5.80. The van der Waals surface area contributed by atoms with Crippen molar-refractivity contribution >= 4 is 17.0 Å². The van der Waals surface area contributed by atoms with Crippen LogP contribution in [0.4, 0.5) is 5.82 Å². The van der Waals surface area contributed by atoms with Crippen LogP contribution in [-0.4, -0.2) is 21.5 Å². The topological polar surface area (TPSA) is 50.7 Å². The van der Waals surface area contributed by atoms with Gasteiger partial charge >= 0.3 is 0 Å². The molecule has 0 saturated carbocycles. The third-order valence-electron chi connectivity index (χ3n) is 4.04. The minimum absolute atomic E-state index is 0.657. The van der Waals surface area contributed by atoms with Gasteiger partial charge in [-0.05, 0) is 24.1 Å². The molecule has 0 spiro atoms. The Labute approximate surface area is 146 Å². The van der Waals surface area contributed by atoms with Crippen LogP contribution in [-0.2, 0) is 6.42 Å². The number of nitrogens with zero attached hydrogens (tertiary/aromatic N) is 3. The van der Waals surface area contributed by atoms with Gasteiger partial charge in [0.25, 0.3) is 0 Å². The molecule has 122 valence electrons. The summed E-state index contributed by atoms with van der Waals surface area (Å²) in [7, 11) is 0. The number of aromatic nitrogens is 3. The quantitative estimate of drug-likeness (QED) is 0.592. The van der Waals surface area contributed by atoms with Gasteiger partial charge in [0.2, 0.25) is 0 Å². The summed E-state index contributed by atoms with van der Waals surface area (Å²) in [5.74, 6) is 0.772. The lowest BCUT2D eigenvalue weighted by Gasteiger charge is -2.11. The number of nitrogens with one attached hydrogen (secondary N) is 1. The molecule has 4 rings (SSSR count). The maximum atomic E-state index is 4.78. The Kier molecular flexibility index (Phi) is 4.33. The van der Waals surface area contributed by atoms with Crippen LogP contribution in [0.25, 0.3) is 22.4 Å². The minimum Gasteiger partial charge on any atom is -0.368 e. The molecule has 2 aromatic carbocycles. The Morgan fingerprint density at radius 3 is 2.32 bits per heavy atom. The second kappa shape index (κ2) is 7.09. The van der Waals surface area contributed by atoms with Crippen molar-refractivity contribution in [1.82, 2.24) is 15.0 Å². The second-order valence-electron chi connectivity index (χ2n) is 5.80. The third-order valence-corrected chi connectivity index (χ3v) is 4.04. The SMILES string of the molecule is c1ccc(CCNc2nc3ncccc3nc2-c2ccccc2)cc1. The van der Waals surface area contributed by atoms with Crippen molar-refractivity contribution in [1.29, 1.82) is 0 Å². The van der Waals surface area contributed by atoms with Crippen molar-refractivity contribution in [2.75, 3.05) is 11.9 Å². The van der Waals surface area contributed by atoms with Crippen molar-refractivity contribution in [2.24, 2.45) is 0 Å². The summed E-state index contributed by atoms with van der Waals surface area (Å²) in [5.41, 5.74) is 4.65. The zero-order chi connectivity index (χ0) is 16.9. The van der Waals surface area contributed by atoms with Gasteiger partial charge in [-0.15, -0.1) is 0 Å². The van der Waals surface area contributed by atoms with E-state index in [-0.39, 0.29) is 0 Å². The van der Waals surface area contributed by atoms with Gasteiger partial charge in [0.05, 0.1) is 0 Å². The van der Waals surface area contributed by atoms with Gasteiger partial charge in [-0.1, -0.05) is 60.7 Å². The van der Waals surface area contributed by atoms with Gasteiger partial charge in [0.15, 0.2) is 11.5 Å². The monoisotopic (exact) mass is 326 g/mol. The van der Waals surface area contributed by atoms with Crippen LogP contribution in [0, 0.1) is 0 Å². The lowest BCUT2D eigenvalue weighted by atomic mass is 10.1. The number of benzene rings is 2. The predicted molar refractivity (Wildman–Crippen MR) is 101 cm³/mol. The first kappa shape index (κ1) is 15.3. The summed E-state index contributed by atoms with van der Waals surface area (Å²) in [4.78, 5) is 13.8. The van der Waals surface area contributed by atoms with Crippen molar-refractivity contribution < 1.29 is 0 Å². The molecule has 2 aromatic heterocycles. The van der Waals surface area contributed by atoms with E-state index in [0.29, 0.717) is 5.65 Å². The van der Waals surface area contributed by atoms with E-state index in [0.717, 1.165) is 35.6 Å². The molecule has 0 radical (unpaired) electrons. The number of pyridine rings is 1. The smallest absolute Gasteiger partial charge is 0.180 e. The molecule has 0 aliphatic heterocycles. The van der Waals surface area contributed by atoms with Gasteiger partial charge < -0.3 is 5.32 Å². The summed E-state index contributed by atoms with van der Waals surface area (Å²) in [5, 5.41) is 3.44. The molecule has 0 unspecified atom stereocenters. The van der Waals surface area contributed by atoms with Crippen molar-refractivity contribution in [3.8, 4) is 11.3 Å². The van der Waals surface area contributed by atoms with E-state index < -0.39 is 0 Å². The average Bonchev–Trinajstić information content (AvgIpc) is 2.69. The van der Waals surface area contributed by atoms with Gasteiger partial charge in [-0.2, -0.15) is 0 Å². The summed E-state index contributed by atoms with van der Waals surface area (Å²) < 4.78 is 0. The van der Waals surface area contributed by atoms with Gasteiger partial charge in [-0.25, -0.2) is 15.0 Å². The Balaban J connectivity index is 1.66.